The second kappa shape index (κ2) is 9.93. The van der Waals surface area contributed by atoms with Crippen LogP contribution >= 0.6 is 0 Å². The Morgan fingerprint density at radius 3 is 2.03 bits per heavy atom. The third-order valence-electron chi connectivity index (χ3n) is 7.32. The summed E-state index contributed by atoms with van der Waals surface area (Å²) in [5.74, 6) is 1.54. The van der Waals surface area contributed by atoms with Crippen LogP contribution in [-0.4, -0.2) is 21.5 Å². The minimum atomic E-state index is -2.60. The monoisotopic (exact) mass is 470 g/mol. The number of ether oxygens (including phenoxy) is 1. The highest BCUT2D eigenvalue weighted by Gasteiger charge is 2.51. The highest BCUT2D eigenvalue weighted by Crippen LogP contribution is 2.42. The van der Waals surface area contributed by atoms with Crippen LogP contribution < -0.4 is 15.1 Å². The first-order valence-electron chi connectivity index (χ1n) is 12.4. The first-order chi connectivity index (χ1) is 16.3. The SMILES string of the molecule is C=C(C)[C@H](CCC1Cc2cc(OC)ccc21)O[Si](c1ccccc1)(c1ccccc1)C(C)(C)C. The Morgan fingerprint density at radius 1 is 0.971 bits per heavy atom. The van der Waals surface area contributed by atoms with E-state index in [2.05, 4.69) is 113 Å². The molecule has 3 heteroatoms. The molecule has 0 aliphatic heterocycles. The molecule has 1 aliphatic carbocycles. The van der Waals surface area contributed by atoms with E-state index in [1.165, 1.54) is 21.5 Å². The summed E-state index contributed by atoms with van der Waals surface area (Å²) in [6.07, 6.45) is 3.23. The van der Waals surface area contributed by atoms with Crippen molar-refractivity contribution < 1.29 is 9.16 Å². The lowest BCUT2D eigenvalue weighted by Gasteiger charge is -2.45. The van der Waals surface area contributed by atoms with E-state index < -0.39 is 8.32 Å². The van der Waals surface area contributed by atoms with Crippen LogP contribution in [0.1, 0.15) is 57.6 Å². The maximum atomic E-state index is 7.40. The van der Waals surface area contributed by atoms with Gasteiger partial charge in [-0.05, 0) is 70.8 Å². The number of rotatable bonds is 9. The third-order valence-corrected chi connectivity index (χ3v) is 12.4. The van der Waals surface area contributed by atoms with Crippen molar-refractivity contribution in [2.75, 3.05) is 7.11 Å². The highest BCUT2D eigenvalue weighted by atomic mass is 28.4. The van der Waals surface area contributed by atoms with Gasteiger partial charge in [0.25, 0.3) is 8.32 Å². The predicted molar refractivity (Wildman–Crippen MR) is 146 cm³/mol. The highest BCUT2D eigenvalue weighted by molar-refractivity contribution is 6.99. The van der Waals surface area contributed by atoms with Gasteiger partial charge in [-0.25, -0.2) is 0 Å². The molecule has 0 aromatic heterocycles. The van der Waals surface area contributed by atoms with Crippen LogP contribution in [0.4, 0.5) is 0 Å². The lowest BCUT2D eigenvalue weighted by Crippen LogP contribution is -2.67. The van der Waals surface area contributed by atoms with E-state index in [0.717, 1.165) is 30.6 Å². The zero-order chi connectivity index (χ0) is 24.3. The zero-order valence-corrected chi connectivity index (χ0v) is 22.3. The Balaban J connectivity index is 1.64. The van der Waals surface area contributed by atoms with Gasteiger partial charge in [0.15, 0.2) is 0 Å². The minimum absolute atomic E-state index is 0.0219. The molecule has 3 aromatic carbocycles. The molecular weight excluding hydrogens is 432 g/mol. The molecule has 4 rings (SSSR count). The summed E-state index contributed by atoms with van der Waals surface area (Å²) >= 11 is 0. The maximum Gasteiger partial charge on any atom is 0.261 e. The van der Waals surface area contributed by atoms with Crippen LogP contribution in [0.25, 0.3) is 0 Å². The molecule has 0 N–H and O–H groups in total. The number of fused-ring (bicyclic) bond motifs is 1. The molecule has 0 spiro atoms. The van der Waals surface area contributed by atoms with Crippen LogP contribution in [0, 0.1) is 0 Å². The first-order valence-corrected chi connectivity index (χ1v) is 14.3. The fourth-order valence-corrected chi connectivity index (χ4v) is 10.2. The fraction of sp³-hybridized carbons (Fsp3) is 0.355. The van der Waals surface area contributed by atoms with Crippen molar-refractivity contribution in [1.82, 2.24) is 0 Å². The molecule has 34 heavy (non-hydrogen) atoms. The van der Waals surface area contributed by atoms with Crippen molar-refractivity contribution in [3.8, 4) is 5.75 Å². The summed E-state index contributed by atoms with van der Waals surface area (Å²) in [5.41, 5.74) is 4.00. The Labute approximate surface area is 206 Å². The molecule has 3 aromatic rings. The molecule has 178 valence electrons. The van der Waals surface area contributed by atoms with Gasteiger partial charge in [0.1, 0.15) is 5.75 Å². The molecule has 0 amide bonds. The Bertz CT molecular complexity index is 1080. The Kier molecular flexibility index (Phi) is 7.16. The van der Waals surface area contributed by atoms with Gasteiger partial charge < -0.3 is 9.16 Å². The summed E-state index contributed by atoms with van der Waals surface area (Å²) in [7, 11) is -0.867. The Morgan fingerprint density at radius 2 is 1.56 bits per heavy atom. The molecule has 0 saturated heterocycles. The van der Waals surface area contributed by atoms with E-state index in [4.69, 9.17) is 9.16 Å². The topological polar surface area (TPSA) is 18.5 Å². The van der Waals surface area contributed by atoms with Gasteiger partial charge in [0, 0.05) is 0 Å². The molecule has 2 atom stereocenters. The average Bonchev–Trinajstić information content (AvgIpc) is 2.81. The van der Waals surface area contributed by atoms with Crippen molar-refractivity contribution in [2.24, 2.45) is 0 Å². The average molecular weight is 471 g/mol. The molecule has 0 fully saturated rings. The molecule has 1 unspecified atom stereocenters. The quantitative estimate of drug-likeness (QED) is 0.258. The second-order valence-electron chi connectivity index (χ2n) is 10.7. The lowest BCUT2D eigenvalue weighted by atomic mass is 9.74. The normalized spacial score (nSPS) is 16.3. The van der Waals surface area contributed by atoms with Crippen molar-refractivity contribution in [2.45, 2.75) is 64.0 Å². The number of benzene rings is 3. The van der Waals surface area contributed by atoms with Crippen LogP contribution in [0.5, 0.6) is 5.75 Å². The van der Waals surface area contributed by atoms with E-state index in [0.29, 0.717) is 5.92 Å². The van der Waals surface area contributed by atoms with E-state index in [1.54, 1.807) is 7.11 Å². The van der Waals surface area contributed by atoms with Gasteiger partial charge in [-0.2, -0.15) is 0 Å². The third kappa shape index (κ3) is 4.64. The zero-order valence-electron chi connectivity index (χ0n) is 21.3. The van der Waals surface area contributed by atoms with Gasteiger partial charge in [-0.1, -0.05) is 99.7 Å². The molecule has 1 aliphatic rings. The van der Waals surface area contributed by atoms with Crippen LogP contribution in [-0.2, 0) is 10.8 Å². The minimum Gasteiger partial charge on any atom is -0.497 e. The molecule has 0 heterocycles. The number of hydrogen-bond acceptors (Lipinski definition) is 2. The largest absolute Gasteiger partial charge is 0.497 e. The number of methoxy groups -OCH3 is 1. The summed E-state index contributed by atoms with van der Waals surface area (Å²) in [4.78, 5) is 0. The van der Waals surface area contributed by atoms with Crippen LogP contribution in [0.3, 0.4) is 0 Å². The van der Waals surface area contributed by atoms with Crippen LogP contribution in [0.2, 0.25) is 5.04 Å². The van der Waals surface area contributed by atoms with Crippen molar-refractivity contribution in [3.63, 3.8) is 0 Å². The second-order valence-corrected chi connectivity index (χ2v) is 14.9. The number of hydrogen-bond donors (Lipinski definition) is 0. The first kappa shape index (κ1) is 24.5. The molecule has 2 nitrogen and oxygen atoms in total. The van der Waals surface area contributed by atoms with E-state index in [9.17, 15) is 0 Å². The Hall–Kier alpha value is -2.62. The van der Waals surface area contributed by atoms with Crippen molar-refractivity contribution >= 4 is 18.7 Å². The summed E-state index contributed by atoms with van der Waals surface area (Å²) in [6.45, 7) is 13.5. The molecule has 0 radical (unpaired) electrons. The summed E-state index contributed by atoms with van der Waals surface area (Å²) in [5, 5.41) is 2.60. The lowest BCUT2D eigenvalue weighted by molar-refractivity contribution is 0.203. The van der Waals surface area contributed by atoms with Crippen LogP contribution in [0.15, 0.2) is 91.0 Å². The maximum absolute atomic E-state index is 7.40. The summed E-state index contributed by atoms with van der Waals surface area (Å²) in [6, 6.07) is 28.3. The van der Waals surface area contributed by atoms with E-state index >= 15 is 0 Å². The molecule has 0 saturated carbocycles. The van der Waals surface area contributed by atoms with Gasteiger partial charge in [-0.3, -0.25) is 0 Å². The fourth-order valence-electron chi connectivity index (χ4n) is 5.45. The molecular formula is C31H38O2Si. The van der Waals surface area contributed by atoms with Gasteiger partial charge in [0.2, 0.25) is 0 Å². The van der Waals surface area contributed by atoms with Gasteiger partial charge >= 0.3 is 0 Å². The standard InChI is InChI=1S/C31H38O2Si/c1-23(2)30(20-17-24-21-25-22-26(32-6)18-19-29(24)25)33-34(31(3,4)5,27-13-9-7-10-14-27)28-15-11-8-12-16-28/h7-16,18-19,22,24,30H,1,17,20-21H2,2-6H3/t24?,30-/m0/s1. The summed E-state index contributed by atoms with van der Waals surface area (Å²) < 4.78 is 12.8. The van der Waals surface area contributed by atoms with Gasteiger partial charge in [0.05, 0.1) is 13.2 Å². The van der Waals surface area contributed by atoms with E-state index in [-0.39, 0.29) is 11.1 Å². The van der Waals surface area contributed by atoms with Crippen molar-refractivity contribution in [3.05, 3.63) is 102 Å². The van der Waals surface area contributed by atoms with Gasteiger partial charge in [-0.15, -0.1) is 0 Å². The smallest absolute Gasteiger partial charge is 0.261 e. The van der Waals surface area contributed by atoms with E-state index in [1.807, 2.05) is 0 Å². The predicted octanol–water partition coefficient (Wildman–Crippen LogP) is 6.64. The molecule has 0 bridgehead atoms. The van der Waals surface area contributed by atoms with Crippen molar-refractivity contribution in [1.29, 1.82) is 0 Å².